The number of fused-ring (bicyclic) bond motifs is 4. The van der Waals surface area contributed by atoms with Gasteiger partial charge in [0.15, 0.2) is 11.6 Å². The Balaban J connectivity index is 1.04. The number of H-pyrrole nitrogens is 1. The number of benzene rings is 3. The Morgan fingerprint density at radius 2 is 1.66 bits per heavy atom. The summed E-state index contributed by atoms with van der Waals surface area (Å²) in [6.07, 6.45) is 6.80. The van der Waals surface area contributed by atoms with Crippen LogP contribution in [0.4, 0.5) is 8.78 Å². The van der Waals surface area contributed by atoms with Crippen molar-refractivity contribution in [1.82, 2.24) is 48.3 Å². The van der Waals surface area contributed by atoms with E-state index in [1.165, 1.54) is 21.5 Å². The highest BCUT2D eigenvalue weighted by atomic mass is 19.1. The lowest BCUT2D eigenvalue weighted by atomic mass is 9.75. The molecule has 350 valence electrons. The molecule has 1 saturated carbocycles. The van der Waals surface area contributed by atoms with Crippen LogP contribution in [0.3, 0.4) is 0 Å². The van der Waals surface area contributed by atoms with Crippen molar-refractivity contribution in [3.8, 4) is 17.2 Å². The largest absolute Gasteiger partial charge is 0.438 e. The number of aryl methyl sites for hydroxylation is 3. The van der Waals surface area contributed by atoms with Gasteiger partial charge in [-0.2, -0.15) is 10.2 Å². The molecule has 0 bridgehead atoms. The van der Waals surface area contributed by atoms with Gasteiger partial charge in [-0.3, -0.25) is 28.1 Å². The summed E-state index contributed by atoms with van der Waals surface area (Å²) in [4.78, 5) is 48.0. The number of hydrogen-bond acceptors (Lipinski definition) is 9. The molecule has 8 heterocycles. The average molecular weight is 925 g/mol. The number of amides is 1. The highest BCUT2D eigenvalue weighted by molar-refractivity contribution is 6.00. The van der Waals surface area contributed by atoms with Crippen LogP contribution in [0.25, 0.3) is 39.0 Å². The fraction of sp³-hybridized carbons (Fsp3) is 0.400. The fourth-order valence-corrected chi connectivity index (χ4v) is 11.6. The van der Waals surface area contributed by atoms with E-state index in [2.05, 4.69) is 54.2 Å². The van der Waals surface area contributed by atoms with E-state index in [4.69, 9.17) is 19.1 Å². The Kier molecular flexibility index (Phi) is 9.08. The van der Waals surface area contributed by atoms with E-state index < -0.39 is 34.3 Å². The number of halogens is 2. The smallest absolute Gasteiger partial charge is 0.379 e. The van der Waals surface area contributed by atoms with Crippen molar-refractivity contribution in [3.63, 3.8) is 0 Å². The van der Waals surface area contributed by atoms with Crippen LogP contribution in [-0.4, -0.2) is 86.2 Å². The van der Waals surface area contributed by atoms with Crippen LogP contribution in [0, 0.1) is 31.4 Å². The SMILES string of the molecule is Cc1cc(-n2nc3c(c2-n2ccn(-c4ccc5c(cnn5C)c4F)c2=O)[C@H](C)N(C(=O)c2cc4cc([C@H]5CCOC(C)(C)C5)ccc4n2[C@@]2(c4noc(=O)[nH]4)C[C@@H]2C)CC32COC2)cc(C)c1F. The van der Waals surface area contributed by atoms with E-state index >= 15 is 13.6 Å². The van der Waals surface area contributed by atoms with Gasteiger partial charge in [0.1, 0.15) is 22.9 Å². The summed E-state index contributed by atoms with van der Waals surface area (Å²) in [5, 5.41) is 14.8. The molecule has 2 saturated heterocycles. The van der Waals surface area contributed by atoms with Gasteiger partial charge in [0, 0.05) is 49.1 Å². The quantitative estimate of drug-likeness (QED) is 0.175. The van der Waals surface area contributed by atoms with Crippen molar-refractivity contribution in [3.05, 3.63) is 139 Å². The number of nitrogens with one attached hydrogen (secondary N) is 1. The molecular formula is C50H50F2N10O6. The monoisotopic (exact) mass is 924 g/mol. The van der Waals surface area contributed by atoms with Crippen LogP contribution in [0.15, 0.2) is 81.2 Å². The lowest BCUT2D eigenvalue weighted by Crippen LogP contribution is -2.59. The lowest BCUT2D eigenvalue weighted by Gasteiger charge is -2.49. The zero-order valence-corrected chi connectivity index (χ0v) is 38.8. The molecule has 3 aliphatic heterocycles. The topological polar surface area (TPSA) is 165 Å². The summed E-state index contributed by atoms with van der Waals surface area (Å²) in [5.41, 5.74) is 2.94. The number of nitrogens with zero attached hydrogens (tertiary/aromatic N) is 9. The van der Waals surface area contributed by atoms with Crippen molar-refractivity contribution < 1.29 is 27.6 Å². The van der Waals surface area contributed by atoms with E-state index in [0.717, 1.165) is 29.3 Å². The molecule has 68 heavy (non-hydrogen) atoms. The molecule has 1 amide bonds. The number of imidazole rings is 1. The van der Waals surface area contributed by atoms with Gasteiger partial charge in [-0.05, 0) is 125 Å². The standard InChI is InChI=1S/C50H50F2N10O6/c1-26-16-33(17-27(2)40(26)51)62-43(59-14-13-58(47(59)65)37-11-10-36-34(41(37)52)22-53-57(36)7)39-29(4)60(23-49(24-66-25-49)42(39)55-62)44(63)38-19-32-18-30(31-12-15-67-48(5,6)21-31)8-9-35(32)61(38)50(20-28(50)3)45-54-46(64)68-56-45/h8-11,13-14,16-19,22,28-29,31H,12,15,20-21,23-25H2,1-7H3,(H,54,56,64)/t28-,29-,31-,50-/m0/s1. The lowest BCUT2D eigenvalue weighted by molar-refractivity contribution is -0.0835. The van der Waals surface area contributed by atoms with Gasteiger partial charge < -0.3 is 18.9 Å². The molecule has 8 aromatic rings. The Morgan fingerprint density at radius 1 is 0.926 bits per heavy atom. The molecule has 18 heteroatoms. The number of carbonyl (C=O) groups excluding carboxylic acids is 1. The van der Waals surface area contributed by atoms with Gasteiger partial charge in [-0.1, -0.05) is 18.1 Å². The molecule has 3 aromatic carbocycles. The van der Waals surface area contributed by atoms with Crippen molar-refractivity contribution in [2.45, 2.75) is 89.3 Å². The first-order valence-electron chi connectivity index (χ1n) is 23.1. The molecule has 1 aliphatic carbocycles. The first-order chi connectivity index (χ1) is 32.5. The van der Waals surface area contributed by atoms with Crippen molar-refractivity contribution in [2.75, 3.05) is 26.4 Å². The average Bonchev–Trinajstić information content (AvgIpc) is 3.93. The highest BCUT2D eigenvalue weighted by Crippen LogP contribution is 2.56. The molecule has 3 fully saturated rings. The van der Waals surface area contributed by atoms with Gasteiger partial charge in [0.25, 0.3) is 5.91 Å². The Hall–Kier alpha value is -6.92. The van der Waals surface area contributed by atoms with Crippen molar-refractivity contribution in [1.29, 1.82) is 0 Å². The maximum absolute atomic E-state index is 16.3. The molecule has 0 radical (unpaired) electrons. The first kappa shape index (κ1) is 42.4. The highest BCUT2D eigenvalue weighted by Gasteiger charge is 2.60. The Bertz CT molecular complexity index is 3520. The van der Waals surface area contributed by atoms with Crippen LogP contribution >= 0.6 is 0 Å². The van der Waals surface area contributed by atoms with Crippen LogP contribution in [0.5, 0.6) is 0 Å². The van der Waals surface area contributed by atoms with Gasteiger partial charge in [-0.25, -0.2) is 23.1 Å². The minimum absolute atomic E-state index is 0.0230. The molecule has 4 aliphatic rings. The van der Waals surface area contributed by atoms with Gasteiger partial charge >= 0.3 is 11.4 Å². The summed E-state index contributed by atoms with van der Waals surface area (Å²) < 4.78 is 56.6. The van der Waals surface area contributed by atoms with Crippen molar-refractivity contribution in [2.24, 2.45) is 13.0 Å². The first-order valence-corrected chi connectivity index (χ1v) is 23.1. The zero-order valence-electron chi connectivity index (χ0n) is 38.8. The number of aromatic amines is 1. The van der Waals surface area contributed by atoms with Gasteiger partial charge in [-0.15, -0.1) is 0 Å². The van der Waals surface area contributed by atoms with E-state index in [0.29, 0.717) is 64.0 Å². The second-order valence-corrected chi connectivity index (χ2v) is 20.1. The summed E-state index contributed by atoms with van der Waals surface area (Å²) in [7, 11) is 1.72. The minimum Gasteiger partial charge on any atom is -0.379 e. The summed E-state index contributed by atoms with van der Waals surface area (Å²) >= 11 is 0. The molecule has 4 atom stereocenters. The third-order valence-corrected chi connectivity index (χ3v) is 15.3. The normalized spacial score (nSPS) is 22.8. The van der Waals surface area contributed by atoms with Crippen LogP contribution in [-0.2, 0) is 27.5 Å². The molecule has 0 unspecified atom stereocenters. The second kappa shape index (κ2) is 14.5. The molecule has 1 N–H and O–H groups in total. The van der Waals surface area contributed by atoms with E-state index in [9.17, 15) is 9.59 Å². The predicted molar refractivity (Wildman–Crippen MR) is 246 cm³/mol. The van der Waals surface area contributed by atoms with Crippen molar-refractivity contribution >= 4 is 27.7 Å². The third-order valence-electron chi connectivity index (χ3n) is 15.3. The second-order valence-electron chi connectivity index (χ2n) is 20.1. The van der Waals surface area contributed by atoms with E-state index in [1.54, 1.807) is 60.7 Å². The summed E-state index contributed by atoms with van der Waals surface area (Å²) in [6, 6.07) is 14.2. The van der Waals surface area contributed by atoms with Gasteiger partial charge in [0.2, 0.25) is 0 Å². The molecular weight excluding hydrogens is 875 g/mol. The number of ether oxygens (including phenoxy) is 2. The summed E-state index contributed by atoms with van der Waals surface area (Å²) in [6.45, 7) is 12.9. The third kappa shape index (κ3) is 6.01. The molecule has 12 rings (SSSR count). The predicted octanol–water partition coefficient (Wildman–Crippen LogP) is 7.17. The van der Waals surface area contributed by atoms with E-state index in [-0.39, 0.29) is 60.0 Å². The number of carbonyl (C=O) groups is 1. The minimum atomic E-state index is -0.888. The Labute approximate surface area is 387 Å². The number of rotatable bonds is 7. The zero-order chi connectivity index (χ0) is 47.3. The van der Waals surface area contributed by atoms with Crippen LogP contribution in [0.2, 0.25) is 0 Å². The van der Waals surface area contributed by atoms with E-state index in [1.807, 2.05) is 22.5 Å². The van der Waals surface area contributed by atoms with Gasteiger partial charge in [0.05, 0.1) is 64.4 Å². The number of aromatic nitrogens is 9. The molecule has 5 aromatic heterocycles. The van der Waals surface area contributed by atoms with Crippen LogP contribution in [0.1, 0.15) is 103 Å². The molecule has 1 spiro atoms. The Morgan fingerprint density at radius 3 is 2.34 bits per heavy atom. The number of hydrogen-bond donors (Lipinski definition) is 1. The maximum Gasteiger partial charge on any atom is 0.438 e. The summed E-state index contributed by atoms with van der Waals surface area (Å²) in [5.74, 6) is -1.04. The fourth-order valence-electron chi connectivity index (χ4n) is 11.6. The maximum atomic E-state index is 16.3. The molecule has 16 nitrogen and oxygen atoms in total. The van der Waals surface area contributed by atoms with Crippen LogP contribution < -0.4 is 11.4 Å².